The molecule has 0 unspecified atom stereocenters. The zero-order valence-corrected chi connectivity index (χ0v) is 11.4. The van der Waals surface area contributed by atoms with Gasteiger partial charge in [-0.3, -0.25) is 0 Å². The molecule has 0 heterocycles. The van der Waals surface area contributed by atoms with Gasteiger partial charge in [-0.1, -0.05) is 0 Å². The van der Waals surface area contributed by atoms with E-state index in [1.165, 1.54) is 12.1 Å². The Morgan fingerprint density at radius 2 is 1.59 bits per heavy atom. The van der Waals surface area contributed by atoms with Gasteiger partial charge < -0.3 is 0 Å². The third kappa shape index (κ3) is 3.58. The molecule has 5 heteroatoms. The van der Waals surface area contributed by atoms with Gasteiger partial charge in [-0.25, -0.2) is 0 Å². The summed E-state index contributed by atoms with van der Waals surface area (Å²) >= 11 is 2.91. The van der Waals surface area contributed by atoms with Gasteiger partial charge in [-0.2, -0.15) is 0 Å². The molecule has 0 N–H and O–H groups in total. The molecule has 0 atom stereocenters. The van der Waals surface area contributed by atoms with Gasteiger partial charge in [0.15, 0.2) is 0 Å². The van der Waals surface area contributed by atoms with Crippen LogP contribution in [0.4, 0.5) is 13.2 Å². The number of alkyl halides is 3. The molecule has 0 aliphatic heterocycles. The number of halogens is 3. The van der Waals surface area contributed by atoms with Crippen LogP contribution in [-0.4, -0.2) is 38.1 Å². The van der Waals surface area contributed by atoms with Gasteiger partial charge in [-0.15, -0.1) is 0 Å². The van der Waals surface area contributed by atoms with Crippen LogP contribution >= 0.6 is 0 Å². The number of benzene rings is 1. The molecular weight excluding hydrogens is 294 g/mol. The first-order chi connectivity index (χ1) is 7.90. The molecular formula is C12H14F3NSe. The third-order valence-electron chi connectivity index (χ3n) is 2.51. The topological polar surface area (TPSA) is 3.24 Å². The summed E-state index contributed by atoms with van der Waals surface area (Å²) in [7, 11) is 0. The molecule has 0 amide bonds. The van der Waals surface area contributed by atoms with Gasteiger partial charge in [0.1, 0.15) is 0 Å². The summed E-state index contributed by atoms with van der Waals surface area (Å²) in [4.78, 5) is 2.06. The quantitative estimate of drug-likeness (QED) is 0.773. The number of hydrogen-bond acceptors (Lipinski definition) is 1. The van der Waals surface area contributed by atoms with Crippen molar-refractivity contribution < 1.29 is 13.2 Å². The van der Waals surface area contributed by atoms with E-state index in [1.54, 1.807) is 0 Å². The fraction of sp³-hybridized carbons (Fsp3) is 0.417. The van der Waals surface area contributed by atoms with E-state index in [-0.39, 0.29) is 0 Å². The van der Waals surface area contributed by atoms with Crippen LogP contribution in [-0.2, 0) is 6.18 Å². The van der Waals surface area contributed by atoms with Crippen LogP contribution in [0.3, 0.4) is 0 Å². The maximum absolute atomic E-state index is 12.4. The molecule has 0 saturated heterocycles. The summed E-state index contributed by atoms with van der Waals surface area (Å²) < 4.78 is 38.0. The Balaban J connectivity index is 2.91. The van der Waals surface area contributed by atoms with Crippen molar-refractivity contribution >= 4 is 20.1 Å². The molecule has 94 valence electrons. The van der Waals surface area contributed by atoms with Crippen molar-refractivity contribution in [1.82, 2.24) is 4.90 Å². The standard InChI is InChI=1S/C12H14F3NSe/c1-3-16(4-2)11(17)9-5-7-10(8-6-9)12(13,14)15/h5-8H,3-4H2,1-2H3. The van der Waals surface area contributed by atoms with Gasteiger partial charge in [0.2, 0.25) is 0 Å². The summed E-state index contributed by atoms with van der Waals surface area (Å²) in [5.41, 5.74) is 0.162. The molecule has 1 aromatic carbocycles. The number of hydrogen-bond donors (Lipinski definition) is 0. The summed E-state index contributed by atoms with van der Waals surface area (Å²) in [5, 5.41) is 0. The van der Waals surface area contributed by atoms with Crippen LogP contribution in [0.1, 0.15) is 25.0 Å². The van der Waals surface area contributed by atoms with Gasteiger partial charge in [0.05, 0.1) is 0 Å². The first-order valence-corrected chi connectivity index (χ1v) is 6.22. The molecule has 0 fully saturated rings. The van der Waals surface area contributed by atoms with Gasteiger partial charge >= 0.3 is 107 Å². The molecule has 0 spiro atoms. The van der Waals surface area contributed by atoms with Crippen molar-refractivity contribution in [3.63, 3.8) is 0 Å². The second kappa shape index (κ2) is 5.69. The minimum atomic E-state index is -4.27. The SMILES string of the molecule is CCN(CC)C(=[Se])c1ccc(C(F)(F)F)cc1. The molecule has 1 nitrogen and oxygen atoms in total. The molecule has 0 aliphatic carbocycles. The fourth-order valence-electron chi connectivity index (χ4n) is 1.50. The Hall–Kier alpha value is -0.801. The van der Waals surface area contributed by atoms with Crippen LogP contribution < -0.4 is 0 Å². The Labute approximate surface area is 107 Å². The van der Waals surface area contributed by atoms with Gasteiger partial charge in [-0.05, 0) is 0 Å². The Morgan fingerprint density at radius 3 is 1.94 bits per heavy atom. The van der Waals surface area contributed by atoms with Crippen molar-refractivity contribution in [2.24, 2.45) is 0 Å². The Bertz CT molecular complexity index is 380. The van der Waals surface area contributed by atoms with E-state index in [0.717, 1.165) is 35.3 Å². The first kappa shape index (κ1) is 14.3. The van der Waals surface area contributed by atoms with Crippen LogP contribution in [0, 0.1) is 0 Å². The van der Waals surface area contributed by atoms with Gasteiger partial charge in [0, 0.05) is 0 Å². The average molecular weight is 308 g/mol. The predicted molar refractivity (Wildman–Crippen MR) is 64.2 cm³/mol. The van der Waals surface area contributed by atoms with Crippen LogP contribution in [0.5, 0.6) is 0 Å². The molecule has 1 rings (SSSR count). The minimum absolute atomic E-state index is 0.617. The zero-order valence-electron chi connectivity index (χ0n) is 9.71. The number of nitrogens with zero attached hydrogens (tertiary/aromatic N) is 1. The van der Waals surface area contributed by atoms with Gasteiger partial charge in [0.25, 0.3) is 0 Å². The van der Waals surface area contributed by atoms with E-state index in [4.69, 9.17) is 0 Å². The molecule has 17 heavy (non-hydrogen) atoms. The van der Waals surface area contributed by atoms with Crippen LogP contribution in [0.2, 0.25) is 0 Å². The molecule has 0 saturated carbocycles. The average Bonchev–Trinajstić information content (AvgIpc) is 2.29. The monoisotopic (exact) mass is 309 g/mol. The van der Waals surface area contributed by atoms with E-state index in [9.17, 15) is 13.2 Å². The summed E-state index contributed by atoms with van der Waals surface area (Å²) in [6.45, 7) is 5.65. The third-order valence-corrected chi connectivity index (χ3v) is 3.55. The van der Waals surface area contributed by atoms with Crippen molar-refractivity contribution in [1.29, 1.82) is 0 Å². The van der Waals surface area contributed by atoms with E-state index in [1.807, 2.05) is 13.8 Å². The summed E-state index contributed by atoms with van der Waals surface area (Å²) in [6, 6.07) is 5.20. The second-order valence-corrected chi connectivity index (χ2v) is 4.36. The fourth-order valence-corrected chi connectivity index (χ4v) is 2.32. The van der Waals surface area contributed by atoms with E-state index >= 15 is 0 Å². The Kier molecular flexibility index (Phi) is 4.78. The molecule has 0 radical (unpaired) electrons. The molecule has 0 bridgehead atoms. The molecule has 0 aliphatic rings. The summed E-state index contributed by atoms with van der Waals surface area (Å²) in [5.74, 6) is 0. The molecule has 0 aromatic heterocycles. The van der Waals surface area contributed by atoms with Crippen molar-refractivity contribution in [2.75, 3.05) is 13.1 Å². The van der Waals surface area contributed by atoms with Crippen molar-refractivity contribution in [3.05, 3.63) is 35.4 Å². The van der Waals surface area contributed by atoms with E-state index in [2.05, 4.69) is 20.5 Å². The van der Waals surface area contributed by atoms with Crippen molar-refractivity contribution in [3.8, 4) is 0 Å². The van der Waals surface area contributed by atoms with Crippen LogP contribution in [0.25, 0.3) is 0 Å². The zero-order chi connectivity index (χ0) is 13.1. The normalized spacial score (nSPS) is 11.4. The Morgan fingerprint density at radius 1 is 1.12 bits per heavy atom. The van der Waals surface area contributed by atoms with E-state index < -0.39 is 11.7 Å². The molecule has 1 aromatic rings. The predicted octanol–water partition coefficient (Wildman–Crippen LogP) is 2.69. The number of rotatable bonds is 4. The maximum atomic E-state index is 12.4. The van der Waals surface area contributed by atoms with Crippen molar-refractivity contribution in [2.45, 2.75) is 20.0 Å². The summed E-state index contributed by atoms with van der Waals surface area (Å²) in [6.07, 6.45) is -4.27. The van der Waals surface area contributed by atoms with Crippen LogP contribution in [0.15, 0.2) is 24.3 Å². The van der Waals surface area contributed by atoms with E-state index in [0.29, 0.717) is 0 Å². The second-order valence-electron chi connectivity index (χ2n) is 3.55. The first-order valence-electron chi connectivity index (χ1n) is 5.36.